The third kappa shape index (κ3) is 7.38. The molecule has 0 aliphatic carbocycles. The Morgan fingerprint density at radius 1 is 0.735 bits per heavy atom. The molecular formula is C39H43NO8S. The van der Waals surface area contributed by atoms with Crippen LogP contribution in [0.4, 0.5) is 0 Å². The number of nitrogens with zero attached hydrogens (tertiary/aromatic N) is 1. The molecule has 3 aliphatic rings. The van der Waals surface area contributed by atoms with E-state index in [4.69, 9.17) is 28.4 Å². The molecule has 3 aliphatic heterocycles. The van der Waals surface area contributed by atoms with Gasteiger partial charge in [0.2, 0.25) is 10.0 Å². The topological polar surface area (TPSA) is 92.5 Å². The van der Waals surface area contributed by atoms with E-state index >= 15 is 0 Å². The Kier molecular flexibility index (Phi) is 10.0. The lowest BCUT2D eigenvalue weighted by Crippen LogP contribution is -2.63. The minimum absolute atomic E-state index is 0.102. The van der Waals surface area contributed by atoms with Gasteiger partial charge in [0.25, 0.3) is 0 Å². The van der Waals surface area contributed by atoms with E-state index in [0.717, 1.165) is 22.3 Å². The second-order valence-corrected chi connectivity index (χ2v) is 15.2. The van der Waals surface area contributed by atoms with Crippen molar-refractivity contribution in [2.75, 3.05) is 13.2 Å². The fraction of sp³-hybridized carbons (Fsp3) is 0.385. The molecule has 4 aromatic carbocycles. The summed E-state index contributed by atoms with van der Waals surface area (Å²) >= 11 is 0. The molecule has 10 heteroatoms. The van der Waals surface area contributed by atoms with Crippen molar-refractivity contribution in [1.82, 2.24) is 4.31 Å². The van der Waals surface area contributed by atoms with Crippen LogP contribution in [0.3, 0.4) is 0 Å². The maximum absolute atomic E-state index is 13.7. The molecule has 0 N–H and O–H groups in total. The van der Waals surface area contributed by atoms with E-state index in [-0.39, 0.29) is 18.1 Å². The number of hydrogen-bond acceptors (Lipinski definition) is 8. The molecule has 7 rings (SSSR count). The van der Waals surface area contributed by atoms with Gasteiger partial charge >= 0.3 is 0 Å². The summed E-state index contributed by atoms with van der Waals surface area (Å²) in [6.07, 6.45) is -3.83. The van der Waals surface area contributed by atoms with Gasteiger partial charge in [-0.3, -0.25) is 0 Å². The highest BCUT2D eigenvalue weighted by molar-refractivity contribution is 7.89. The lowest BCUT2D eigenvalue weighted by Gasteiger charge is -2.49. The SMILES string of the molecule is Cc1ccc(S(=O)(=O)N2C(CO[C@@H]3O[C@@H]4CO[C@H](c5ccccc5)O[C@@H]4[C@H](OCc4ccccc4)[C@H]3OCc3ccccc3)C2(C)C)cc1. The lowest BCUT2D eigenvalue weighted by molar-refractivity contribution is -0.372. The lowest BCUT2D eigenvalue weighted by atomic mass is 9.97. The summed E-state index contributed by atoms with van der Waals surface area (Å²) in [5, 5.41) is 0. The largest absolute Gasteiger partial charge is 0.368 e. The van der Waals surface area contributed by atoms with Crippen molar-refractivity contribution >= 4 is 10.0 Å². The number of sulfonamides is 1. The van der Waals surface area contributed by atoms with Crippen LogP contribution >= 0.6 is 0 Å². The summed E-state index contributed by atoms with van der Waals surface area (Å²) in [4.78, 5) is 0.258. The van der Waals surface area contributed by atoms with E-state index in [1.54, 1.807) is 12.1 Å². The average Bonchev–Trinajstić information content (AvgIpc) is 3.70. The van der Waals surface area contributed by atoms with E-state index in [1.165, 1.54) is 4.31 Å². The predicted octanol–water partition coefficient (Wildman–Crippen LogP) is 6.17. The first-order chi connectivity index (χ1) is 23.7. The standard InChI is InChI=1S/C39H43NO8S/c1-27-19-21-31(22-20-27)49(41,42)40-33(39(40,2)3)26-46-38-36(44-24-29-15-9-5-10-16-29)35(43-23-28-13-7-4-8-14-28)34-32(47-38)25-45-37(48-34)30-17-11-6-12-18-30/h4-22,32-38H,23-26H2,1-3H3/t32-,33?,34+,35+,36-,37+,38-,40?/m1/s1. The summed E-state index contributed by atoms with van der Waals surface area (Å²) in [5.41, 5.74) is 3.23. The van der Waals surface area contributed by atoms with Crippen LogP contribution in [-0.2, 0) is 51.7 Å². The van der Waals surface area contributed by atoms with Gasteiger partial charge in [-0.1, -0.05) is 109 Å². The maximum atomic E-state index is 13.7. The van der Waals surface area contributed by atoms with E-state index in [9.17, 15) is 8.42 Å². The molecular weight excluding hydrogens is 642 g/mol. The number of rotatable bonds is 12. The average molecular weight is 686 g/mol. The second kappa shape index (κ2) is 14.4. The zero-order valence-corrected chi connectivity index (χ0v) is 28.8. The molecule has 3 heterocycles. The molecule has 0 bridgehead atoms. The molecule has 4 aromatic rings. The van der Waals surface area contributed by atoms with Crippen molar-refractivity contribution in [2.24, 2.45) is 0 Å². The minimum atomic E-state index is -3.74. The van der Waals surface area contributed by atoms with Gasteiger partial charge in [-0.2, -0.15) is 4.31 Å². The number of fused-ring (bicyclic) bond motifs is 1. The summed E-state index contributed by atoms with van der Waals surface area (Å²) in [6, 6.07) is 36.1. The molecule has 0 spiro atoms. The second-order valence-electron chi connectivity index (χ2n) is 13.4. The van der Waals surface area contributed by atoms with Crippen molar-refractivity contribution in [1.29, 1.82) is 0 Å². The molecule has 258 valence electrons. The van der Waals surface area contributed by atoms with Crippen LogP contribution in [0, 0.1) is 6.92 Å². The summed E-state index contributed by atoms with van der Waals surface area (Å²) in [6.45, 7) is 6.72. The van der Waals surface area contributed by atoms with Crippen molar-refractivity contribution < 1.29 is 36.8 Å². The van der Waals surface area contributed by atoms with Gasteiger partial charge in [0.05, 0.1) is 37.4 Å². The predicted molar refractivity (Wildman–Crippen MR) is 183 cm³/mol. The Morgan fingerprint density at radius 3 is 1.92 bits per heavy atom. The quantitative estimate of drug-likeness (QED) is 0.164. The third-order valence-electron chi connectivity index (χ3n) is 9.52. The molecule has 3 saturated heterocycles. The summed E-state index contributed by atoms with van der Waals surface area (Å²) in [7, 11) is -3.74. The fourth-order valence-electron chi connectivity index (χ4n) is 6.65. The van der Waals surface area contributed by atoms with Gasteiger partial charge in [0, 0.05) is 11.1 Å². The monoisotopic (exact) mass is 685 g/mol. The Labute approximate surface area is 288 Å². The molecule has 8 atom stereocenters. The highest BCUT2D eigenvalue weighted by Crippen LogP contribution is 2.46. The van der Waals surface area contributed by atoms with E-state index in [2.05, 4.69) is 0 Å². The molecule has 9 nitrogen and oxygen atoms in total. The number of ether oxygens (including phenoxy) is 6. The maximum Gasteiger partial charge on any atom is 0.244 e. The van der Waals surface area contributed by atoms with E-state index in [1.807, 2.05) is 124 Å². The summed E-state index contributed by atoms with van der Waals surface area (Å²) < 4.78 is 68.0. The van der Waals surface area contributed by atoms with Gasteiger partial charge in [0.15, 0.2) is 12.6 Å². The Bertz CT molecular complexity index is 1770. The fourth-order valence-corrected chi connectivity index (χ4v) is 8.70. The molecule has 49 heavy (non-hydrogen) atoms. The van der Waals surface area contributed by atoms with Crippen LogP contribution in [0.5, 0.6) is 0 Å². The zero-order chi connectivity index (χ0) is 34.0. The van der Waals surface area contributed by atoms with Crippen molar-refractivity contribution in [2.45, 2.75) is 87.5 Å². The normalized spacial score (nSPS) is 29.2. The Morgan fingerprint density at radius 2 is 1.31 bits per heavy atom. The Hall–Kier alpha value is -3.45. The van der Waals surface area contributed by atoms with Gasteiger partial charge in [-0.05, 0) is 44.0 Å². The van der Waals surface area contributed by atoms with E-state index in [0.29, 0.717) is 13.2 Å². The van der Waals surface area contributed by atoms with Crippen LogP contribution in [0.2, 0.25) is 0 Å². The molecule has 0 amide bonds. The molecule has 3 fully saturated rings. The molecule has 0 radical (unpaired) electrons. The van der Waals surface area contributed by atoms with Crippen LogP contribution in [-0.4, -0.2) is 68.2 Å². The van der Waals surface area contributed by atoms with Gasteiger partial charge < -0.3 is 28.4 Å². The van der Waals surface area contributed by atoms with Crippen molar-refractivity contribution in [3.63, 3.8) is 0 Å². The van der Waals surface area contributed by atoms with Crippen LogP contribution < -0.4 is 0 Å². The smallest absolute Gasteiger partial charge is 0.244 e. The number of benzene rings is 4. The van der Waals surface area contributed by atoms with Crippen LogP contribution in [0.15, 0.2) is 120 Å². The third-order valence-corrected chi connectivity index (χ3v) is 11.6. The minimum Gasteiger partial charge on any atom is -0.368 e. The van der Waals surface area contributed by atoms with Gasteiger partial charge in [-0.25, -0.2) is 8.42 Å². The highest BCUT2D eigenvalue weighted by atomic mass is 32.2. The Balaban J connectivity index is 1.15. The van der Waals surface area contributed by atoms with Gasteiger partial charge in [-0.15, -0.1) is 0 Å². The van der Waals surface area contributed by atoms with E-state index < -0.39 is 58.6 Å². The van der Waals surface area contributed by atoms with Crippen LogP contribution in [0.25, 0.3) is 0 Å². The molecule has 0 saturated carbocycles. The zero-order valence-electron chi connectivity index (χ0n) is 28.0. The first kappa shape index (κ1) is 34.0. The first-order valence-electron chi connectivity index (χ1n) is 16.7. The van der Waals surface area contributed by atoms with Gasteiger partial charge in [0.1, 0.15) is 24.4 Å². The first-order valence-corrected chi connectivity index (χ1v) is 18.2. The highest BCUT2D eigenvalue weighted by Gasteiger charge is 2.63. The van der Waals surface area contributed by atoms with Crippen molar-refractivity contribution in [3.8, 4) is 0 Å². The summed E-state index contributed by atoms with van der Waals surface area (Å²) in [5.74, 6) is 0. The number of aryl methyl sites for hydroxylation is 1. The van der Waals surface area contributed by atoms with Crippen molar-refractivity contribution in [3.05, 3.63) is 138 Å². The molecule has 2 unspecified atom stereocenters. The van der Waals surface area contributed by atoms with Crippen LogP contribution in [0.1, 0.15) is 42.4 Å². The molecule has 0 aromatic heterocycles. The number of hydrogen-bond donors (Lipinski definition) is 0.